The maximum Gasteiger partial charge on any atom is 0.325 e. The van der Waals surface area contributed by atoms with Crippen molar-refractivity contribution < 1.29 is 23.1 Å². The van der Waals surface area contributed by atoms with Crippen LogP contribution < -0.4 is 5.32 Å². The number of amides is 2. The number of urea groups is 1. The molecule has 1 N–H and O–H groups in total. The third kappa shape index (κ3) is 5.37. The first-order valence-corrected chi connectivity index (χ1v) is 6.64. The van der Waals surface area contributed by atoms with Gasteiger partial charge in [0.1, 0.15) is 18.2 Å². The Hall–Kier alpha value is -2.18. The van der Waals surface area contributed by atoms with Crippen LogP contribution in [-0.2, 0) is 9.53 Å². The van der Waals surface area contributed by atoms with Gasteiger partial charge in [-0.2, -0.15) is 0 Å². The molecular weight excluding hydrogens is 282 g/mol. The van der Waals surface area contributed by atoms with Gasteiger partial charge in [0.15, 0.2) is 0 Å². The summed E-state index contributed by atoms with van der Waals surface area (Å²) < 4.78 is 31.0. The lowest BCUT2D eigenvalue weighted by molar-refractivity contribution is -0.143. The zero-order valence-corrected chi connectivity index (χ0v) is 12.0. The molecule has 0 bridgehead atoms. The fourth-order valence-corrected chi connectivity index (χ4v) is 1.67. The van der Waals surface area contributed by atoms with E-state index in [0.717, 1.165) is 12.1 Å². The number of hydrogen-bond acceptors (Lipinski definition) is 3. The van der Waals surface area contributed by atoms with Crippen molar-refractivity contribution in [3.8, 4) is 0 Å². The highest BCUT2D eigenvalue weighted by Gasteiger charge is 2.18. The summed E-state index contributed by atoms with van der Waals surface area (Å²) in [4.78, 5) is 24.7. The number of nitrogens with one attached hydrogen (secondary N) is 1. The minimum Gasteiger partial charge on any atom is -0.465 e. The number of carbonyl (C=O) groups is 2. The minimum absolute atomic E-state index is 0.147. The van der Waals surface area contributed by atoms with Crippen molar-refractivity contribution >= 4 is 17.7 Å². The lowest BCUT2D eigenvalue weighted by atomic mass is 10.3. The summed E-state index contributed by atoms with van der Waals surface area (Å²) in [5, 5.41) is 2.31. The van der Waals surface area contributed by atoms with Gasteiger partial charge in [0, 0.05) is 12.6 Å². The third-order valence-corrected chi connectivity index (χ3v) is 2.58. The first-order chi connectivity index (χ1) is 9.97. The van der Waals surface area contributed by atoms with Gasteiger partial charge in [-0.15, -0.1) is 0 Å². The van der Waals surface area contributed by atoms with E-state index in [1.54, 1.807) is 6.92 Å². The number of halogens is 2. The molecule has 2 amide bonds. The van der Waals surface area contributed by atoms with E-state index in [4.69, 9.17) is 4.74 Å². The summed E-state index contributed by atoms with van der Waals surface area (Å²) in [6, 6.07) is 2.19. The summed E-state index contributed by atoms with van der Waals surface area (Å²) >= 11 is 0. The van der Waals surface area contributed by atoms with Crippen LogP contribution in [0.1, 0.15) is 20.3 Å². The molecule has 0 heterocycles. The lowest BCUT2D eigenvalue weighted by Gasteiger charge is -2.21. The Morgan fingerprint density at radius 3 is 2.57 bits per heavy atom. The predicted octanol–water partition coefficient (Wildman–Crippen LogP) is 2.77. The molecule has 0 spiro atoms. The molecule has 5 nitrogen and oxygen atoms in total. The first-order valence-electron chi connectivity index (χ1n) is 6.64. The molecular formula is C14H18F2N2O3. The second kappa shape index (κ2) is 8.18. The molecule has 21 heavy (non-hydrogen) atoms. The number of benzene rings is 1. The van der Waals surface area contributed by atoms with Crippen molar-refractivity contribution in [2.75, 3.05) is 25.0 Å². The van der Waals surface area contributed by atoms with Crippen molar-refractivity contribution in [1.29, 1.82) is 0 Å². The standard InChI is InChI=1S/C14H18F2N2O3/c1-3-7-18(9-13(19)21-4-2)14(20)17-12-6-5-10(15)8-11(12)16/h5-6,8H,3-4,7,9H2,1-2H3,(H,17,20). The van der Waals surface area contributed by atoms with E-state index in [0.29, 0.717) is 19.0 Å². The zero-order valence-electron chi connectivity index (χ0n) is 12.0. The molecule has 1 aromatic rings. The van der Waals surface area contributed by atoms with E-state index in [1.807, 2.05) is 6.92 Å². The molecule has 0 atom stereocenters. The highest BCUT2D eigenvalue weighted by atomic mass is 19.1. The van der Waals surface area contributed by atoms with Crippen LogP contribution in [0.15, 0.2) is 18.2 Å². The number of anilines is 1. The molecule has 0 unspecified atom stereocenters. The van der Waals surface area contributed by atoms with Crippen molar-refractivity contribution in [2.45, 2.75) is 20.3 Å². The van der Waals surface area contributed by atoms with Crippen LogP contribution in [0.5, 0.6) is 0 Å². The molecule has 7 heteroatoms. The smallest absolute Gasteiger partial charge is 0.325 e. The molecule has 0 radical (unpaired) electrons. The fourth-order valence-electron chi connectivity index (χ4n) is 1.67. The average molecular weight is 300 g/mol. The Kier molecular flexibility index (Phi) is 6.58. The van der Waals surface area contributed by atoms with Gasteiger partial charge in [-0.1, -0.05) is 6.92 Å². The van der Waals surface area contributed by atoms with Gasteiger partial charge >= 0.3 is 12.0 Å². The van der Waals surface area contributed by atoms with E-state index in [2.05, 4.69) is 5.32 Å². The molecule has 0 aliphatic carbocycles. The molecule has 0 saturated heterocycles. The molecule has 0 fully saturated rings. The van der Waals surface area contributed by atoms with Crippen molar-refractivity contribution in [2.24, 2.45) is 0 Å². The SMILES string of the molecule is CCCN(CC(=O)OCC)C(=O)Nc1ccc(F)cc1F. The molecule has 0 aliphatic heterocycles. The summed E-state index contributed by atoms with van der Waals surface area (Å²) in [6.45, 7) is 3.80. The van der Waals surface area contributed by atoms with Crippen molar-refractivity contribution in [1.82, 2.24) is 4.90 Å². The van der Waals surface area contributed by atoms with Crippen LogP contribution in [-0.4, -0.2) is 36.6 Å². The molecule has 116 valence electrons. The van der Waals surface area contributed by atoms with Crippen molar-refractivity contribution in [3.63, 3.8) is 0 Å². The number of rotatable bonds is 6. The number of ether oxygens (including phenoxy) is 1. The van der Waals surface area contributed by atoms with Crippen LogP contribution in [0.25, 0.3) is 0 Å². The Balaban J connectivity index is 2.74. The average Bonchev–Trinajstić information content (AvgIpc) is 2.41. The summed E-state index contributed by atoms with van der Waals surface area (Å²) in [6.07, 6.45) is 0.624. The lowest BCUT2D eigenvalue weighted by Crippen LogP contribution is -2.40. The molecule has 0 saturated carbocycles. The summed E-state index contributed by atoms with van der Waals surface area (Å²) in [7, 11) is 0. The minimum atomic E-state index is -0.879. The van der Waals surface area contributed by atoms with E-state index in [-0.39, 0.29) is 18.8 Å². The van der Waals surface area contributed by atoms with Gasteiger partial charge in [-0.3, -0.25) is 4.79 Å². The quantitative estimate of drug-likeness (QED) is 0.822. The Bertz CT molecular complexity index is 509. The van der Waals surface area contributed by atoms with E-state index in [1.165, 1.54) is 4.90 Å². The number of nitrogens with zero attached hydrogens (tertiary/aromatic N) is 1. The van der Waals surface area contributed by atoms with Gasteiger partial charge in [-0.05, 0) is 25.5 Å². The predicted molar refractivity (Wildman–Crippen MR) is 73.9 cm³/mol. The second-order valence-electron chi connectivity index (χ2n) is 4.28. The van der Waals surface area contributed by atoms with Crippen molar-refractivity contribution in [3.05, 3.63) is 29.8 Å². The maximum absolute atomic E-state index is 13.5. The maximum atomic E-state index is 13.5. The van der Waals surface area contributed by atoms with Gasteiger partial charge < -0.3 is 15.0 Å². The topological polar surface area (TPSA) is 58.6 Å². The van der Waals surface area contributed by atoms with Gasteiger partial charge in [0.05, 0.1) is 12.3 Å². The van der Waals surface area contributed by atoms with Gasteiger partial charge in [0.2, 0.25) is 0 Å². The highest BCUT2D eigenvalue weighted by Crippen LogP contribution is 2.15. The summed E-state index contributed by atoms with van der Waals surface area (Å²) in [5.41, 5.74) is -0.147. The van der Waals surface area contributed by atoms with Crippen LogP contribution in [0.2, 0.25) is 0 Å². The van der Waals surface area contributed by atoms with Gasteiger partial charge in [0.25, 0.3) is 0 Å². The van der Waals surface area contributed by atoms with E-state index in [9.17, 15) is 18.4 Å². The fraction of sp³-hybridized carbons (Fsp3) is 0.429. The van der Waals surface area contributed by atoms with Crippen LogP contribution in [0.3, 0.4) is 0 Å². The second-order valence-corrected chi connectivity index (χ2v) is 4.28. The number of carbonyl (C=O) groups excluding carboxylic acids is 2. The van der Waals surface area contributed by atoms with E-state index >= 15 is 0 Å². The number of hydrogen-bond donors (Lipinski definition) is 1. The Morgan fingerprint density at radius 2 is 2.00 bits per heavy atom. The highest BCUT2D eigenvalue weighted by molar-refractivity contribution is 5.91. The molecule has 0 aliphatic rings. The monoisotopic (exact) mass is 300 g/mol. The Labute approximate surface area is 121 Å². The third-order valence-electron chi connectivity index (χ3n) is 2.58. The van der Waals surface area contributed by atoms with Crippen LogP contribution in [0, 0.1) is 11.6 Å². The molecule has 1 rings (SSSR count). The summed E-state index contributed by atoms with van der Waals surface area (Å²) in [5.74, 6) is -2.15. The molecule has 0 aromatic heterocycles. The normalized spacial score (nSPS) is 10.1. The van der Waals surface area contributed by atoms with E-state index < -0.39 is 23.6 Å². The molecule has 1 aromatic carbocycles. The van der Waals surface area contributed by atoms with Gasteiger partial charge in [-0.25, -0.2) is 13.6 Å². The number of esters is 1. The zero-order chi connectivity index (χ0) is 15.8. The van der Waals surface area contributed by atoms with Crippen LogP contribution in [0.4, 0.5) is 19.3 Å². The first kappa shape index (κ1) is 16.9. The Morgan fingerprint density at radius 1 is 1.29 bits per heavy atom. The largest absolute Gasteiger partial charge is 0.465 e. The van der Waals surface area contributed by atoms with Crippen LogP contribution >= 0.6 is 0 Å².